The molecule has 1 heterocycles. The minimum atomic E-state index is 0.0592. The Labute approximate surface area is 155 Å². The van der Waals surface area contributed by atoms with Gasteiger partial charge in [0.2, 0.25) is 5.91 Å². The molecule has 4 heteroatoms. The molecular formula is C22H27NO3. The van der Waals surface area contributed by atoms with Crippen LogP contribution in [0.25, 0.3) is 0 Å². The Bertz CT molecular complexity index is 727. The maximum atomic E-state index is 12.5. The first-order valence-electron chi connectivity index (χ1n) is 9.34. The predicted octanol–water partition coefficient (Wildman–Crippen LogP) is 4.29. The summed E-state index contributed by atoms with van der Waals surface area (Å²) in [5.74, 6) is 2.15. The van der Waals surface area contributed by atoms with Gasteiger partial charge in [0.25, 0.3) is 0 Å². The molecule has 2 aromatic carbocycles. The monoisotopic (exact) mass is 353 g/mol. The second-order valence-electron chi connectivity index (χ2n) is 7.14. The zero-order chi connectivity index (χ0) is 18.4. The summed E-state index contributed by atoms with van der Waals surface area (Å²) in [5.41, 5.74) is 2.25. The van der Waals surface area contributed by atoms with Gasteiger partial charge in [-0.2, -0.15) is 0 Å². The largest absolute Gasteiger partial charge is 0.486 e. The normalized spacial score (nSPS) is 14.1. The van der Waals surface area contributed by atoms with Crippen LogP contribution in [0, 0.1) is 5.92 Å². The van der Waals surface area contributed by atoms with Crippen molar-refractivity contribution >= 4 is 5.91 Å². The van der Waals surface area contributed by atoms with E-state index in [0.29, 0.717) is 32.0 Å². The fourth-order valence-electron chi connectivity index (χ4n) is 3.20. The van der Waals surface area contributed by atoms with Gasteiger partial charge in [0.05, 0.1) is 6.04 Å². The highest BCUT2D eigenvalue weighted by Gasteiger charge is 2.17. The molecule has 0 radical (unpaired) electrons. The average molecular weight is 353 g/mol. The van der Waals surface area contributed by atoms with E-state index >= 15 is 0 Å². The molecule has 0 saturated carbocycles. The van der Waals surface area contributed by atoms with E-state index in [9.17, 15) is 4.79 Å². The number of benzene rings is 2. The molecule has 0 bridgehead atoms. The lowest BCUT2D eigenvalue weighted by atomic mass is 9.96. The smallest absolute Gasteiger partial charge is 0.220 e. The zero-order valence-electron chi connectivity index (χ0n) is 15.5. The van der Waals surface area contributed by atoms with Crippen LogP contribution in [-0.2, 0) is 11.2 Å². The van der Waals surface area contributed by atoms with Crippen LogP contribution in [-0.4, -0.2) is 19.1 Å². The van der Waals surface area contributed by atoms with Crippen molar-refractivity contribution in [2.45, 2.75) is 39.2 Å². The Morgan fingerprint density at radius 2 is 1.77 bits per heavy atom. The number of carbonyl (C=O) groups is 1. The van der Waals surface area contributed by atoms with Gasteiger partial charge >= 0.3 is 0 Å². The molecule has 1 amide bonds. The number of nitrogens with one attached hydrogen (secondary N) is 1. The lowest BCUT2D eigenvalue weighted by molar-refractivity contribution is -0.121. The molecule has 138 valence electrons. The molecule has 3 rings (SSSR count). The number of hydrogen-bond acceptors (Lipinski definition) is 3. The van der Waals surface area contributed by atoms with E-state index in [1.54, 1.807) is 0 Å². The van der Waals surface area contributed by atoms with Crippen LogP contribution in [0.3, 0.4) is 0 Å². The topological polar surface area (TPSA) is 47.6 Å². The Morgan fingerprint density at radius 1 is 1.04 bits per heavy atom. The van der Waals surface area contributed by atoms with Crippen molar-refractivity contribution in [1.82, 2.24) is 5.32 Å². The third kappa shape index (κ3) is 5.01. The summed E-state index contributed by atoms with van der Waals surface area (Å²) in [4.78, 5) is 12.5. The highest BCUT2D eigenvalue weighted by Crippen LogP contribution is 2.31. The van der Waals surface area contributed by atoms with Crippen molar-refractivity contribution in [1.29, 1.82) is 0 Å². The van der Waals surface area contributed by atoms with Gasteiger partial charge in [0.15, 0.2) is 11.5 Å². The van der Waals surface area contributed by atoms with Crippen molar-refractivity contribution in [3.8, 4) is 11.5 Å². The standard InChI is InChI=1S/C22H27NO3/c1-16(2)14-19(18-6-4-3-5-7-18)23-22(24)11-9-17-8-10-20-21(15-17)26-13-12-25-20/h3-8,10,15-16,19H,9,11-14H2,1-2H3,(H,23,24)/t19-/m1/s1. The highest BCUT2D eigenvalue weighted by molar-refractivity contribution is 5.76. The number of amides is 1. The van der Waals surface area contributed by atoms with Crippen molar-refractivity contribution in [3.63, 3.8) is 0 Å². The van der Waals surface area contributed by atoms with Gasteiger partial charge in [0.1, 0.15) is 13.2 Å². The summed E-state index contributed by atoms with van der Waals surface area (Å²) in [6.45, 7) is 5.52. The van der Waals surface area contributed by atoms with Crippen LogP contribution in [0.1, 0.15) is 43.9 Å². The van der Waals surface area contributed by atoms with Crippen molar-refractivity contribution in [2.24, 2.45) is 5.92 Å². The fourth-order valence-corrected chi connectivity index (χ4v) is 3.20. The average Bonchev–Trinajstić information content (AvgIpc) is 2.66. The molecular weight excluding hydrogens is 326 g/mol. The maximum Gasteiger partial charge on any atom is 0.220 e. The van der Waals surface area contributed by atoms with E-state index < -0.39 is 0 Å². The van der Waals surface area contributed by atoms with E-state index in [1.807, 2.05) is 36.4 Å². The summed E-state index contributed by atoms with van der Waals surface area (Å²) < 4.78 is 11.1. The minimum absolute atomic E-state index is 0.0592. The molecule has 0 aliphatic carbocycles. The molecule has 2 aromatic rings. The third-order valence-corrected chi connectivity index (χ3v) is 4.49. The van der Waals surface area contributed by atoms with Crippen molar-refractivity contribution in [2.75, 3.05) is 13.2 Å². The number of ether oxygens (including phenoxy) is 2. The Hall–Kier alpha value is -2.49. The van der Waals surface area contributed by atoms with E-state index in [4.69, 9.17) is 9.47 Å². The molecule has 0 fully saturated rings. The van der Waals surface area contributed by atoms with E-state index in [1.165, 1.54) is 0 Å². The molecule has 1 atom stereocenters. The maximum absolute atomic E-state index is 12.5. The fraction of sp³-hybridized carbons (Fsp3) is 0.409. The second kappa shape index (κ2) is 8.75. The molecule has 4 nitrogen and oxygen atoms in total. The zero-order valence-corrected chi connectivity index (χ0v) is 15.5. The molecule has 26 heavy (non-hydrogen) atoms. The van der Waals surface area contributed by atoms with Crippen LogP contribution in [0.2, 0.25) is 0 Å². The number of hydrogen-bond donors (Lipinski definition) is 1. The predicted molar refractivity (Wildman–Crippen MR) is 103 cm³/mol. The van der Waals surface area contributed by atoms with Crippen LogP contribution < -0.4 is 14.8 Å². The van der Waals surface area contributed by atoms with Gasteiger partial charge in [-0.15, -0.1) is 0 Å². The van der Waals surface area contributed by atoms with Crippen molar-refractivity contribution in [3.05, 3.63) is 59.7 Å². The summed E-state index contributed by atoms with van der Waals surface area (Å²) in [7, 11) is 0. The SMILES string of the molecule is CC(C)C[C@@H](NC(=O)CCc1ccc2c(c1)OCCO2)c1ccccc1. The van der Waals surface area contributed by atoms with Crippen LogP contribution in [0.4, 0.5) is 0 Å². The van der Waals surface area contributed by atoms with Crippen LogP contribution in [0.5, 0.6) is 11.5 Å². The lowest BCUT2D eigenvalue weighted by Gasteiger charge is -2.21. The number of rotatable bonds is 7. The van der Waals surface area contributed by atoms with Gasteiger partial charge in [-0.25, -0.2) is 0 Å². The molecule has 1 N–H and O–H groups in total. The second-order valence-corrected chi connectivity index (χ2v) is 7.14. The summed E-state index contributed by atoms with van der Waals surface area (Å²) in [6, 6.07) is 16.2. The summed E-state index contributed by atoms with van der Waals surface area (Å²) in [5, 5.41) is 3.20. The van der Waals surface area contributed by atoms with Gasteiger partial charge in [0, 0.05) is 6.42 Å². The van der Waals surface area contributed by atoms with Crippen LogP contribution >= 0.6 is 0 Å². The number of aryl methyl sites for hydroxylation is 1. The summed E-state index contributed by atoms with van der Waals surface area (Å²) in [6.07, 6.45) is 2.08. The number of fused-ring (bicyclic) bond motifs is 1. The molecule has 1 aliphatic heterocycles. The van der Waals surface area contributed by atoms with E-state index in [-0.39, 0.29) is 11.9 Å². The van der Waals surface area contributed by atoms with Crippen LogP contribution in [0.15, 0.2) is 48.5 Å². The Balaban J connectivity index is 1.58. The lowest BCUT2D eigenvalue weighted by Crippen LogP contribution is -2.29. The molecule has 0 saturated heterocycles. The van der Waals surface area contributed by atoms with Gasteiger partial charge < -0.3 is 14.8 Å². The van der Waals surface area contributed by atoms with Crippen molar-refractivity contribution < 1.29 is 14.3 Å². The first-order chi connectivity index (χ1) is 12.6. The molecule has 0 unspecified atom stereocenters. The molecule has 1 aliphatic rings. The quantitative estimate of drug-likeness (QED) is 0.807. The molecule has 0 spiro atoms. The molecule has 0 aromatic heterocycles. The van der Waals surface area contributed by atoms with Gasteiger partial charge in [-0.1, -0.05) is 50.2 Å². The van der Waals surface area contributed by atoms with E-state index in [0.717, 1.165) is 29.0 Å². The Kier molecular flexibility index (Phi) is 6.16. The Morgan fingerprint density at radius 3 is 2.50 bits per heavy atom. The number of carbonyl (C=O) groups excluding carboxylic acids is 1. The third-order valence-electron chi connectivity index (χ3n) is 4.49. The van der Waals surface area contributed by atoms with Gasteiger partial charge in [-0.05, 0) is 42.0 Å². The first kappa shape index (κ1) is 18.3. The van der Waals surface area contributed by atoms with Gasteiger partial charge in [-0.3, -0.25) is 4.79 Å². The summed E-state index contributed by atoms with van der Waals surface area (Å²) >= 11 is 0. The minimum Gasteiger partial charge on any atom is -0.486 e. The van der Waals surface area contributed by atoms with E-state index in [2.05, 4.69) is 31.3 Å². The highest BCUT2D eigenvalue weighted by atomic mass is 16.6. The first-order valence-corrected chi connectivity index (χ1v) is 9.34.